The minimum Gasteiger partial charge on any atom is -0.0885 e. The average molecular weight is 307 g/mol. The quantitative estimate of drug-likeness (QED) is 0.303. The van der Waals surface area contributed by atoms with Crippen molar-refractivity contribution in [2.75, 3.05) is 0 Å². The molecule has 3 unspecified atom stereocenters. The Balaban J connectivity index is 2.22. The Hall–Kier alpha value is -0.260. The first-order chi connectivity index (χ1) is 10.3. The largest absolute Gasteiger partial charge is 0.0885 e. The zero-order chi connectivity index (χ0) is 16.6. The van der Waals surface area contributed by atoms with E-state index < -0.39 is 0 Å². The number of hydrogen-bond donors (Lipinski definition) is 0. The van der Waals surface area contributed by atoms with Crippen molar-refractivity contribution in [1.29, 1.82) is 0 Å². The van der Waals surface area contributed by atoms with Crippen molar-refractivity contribution >= 4 is 0 Å². The third kappa shape index (κ3) is 7.34. The van der Waals surface area contributed by atoms with Gasteiger partial charge in [-0.05, 0) is 61.2 Å². The van der Waals surface area contributed by atoms with E-state index in [1.54, 1.807) is 0 Å². The molecule has 0 aliphatic heterocycles. The van der Waals surface area contributed by atoms with Crippen LogP contribution in [0.2, 0.25) is 0 Å². The molecule has 0 aromatic rings. The molecule has 1 rings (SSSR count). The first kappa shape index (κ1) is 19.8. The van der Waals surface area contributed by atoms with Crippen molar-refractivity contribution in [3.05, 3.63) is 12.2 Å². The van der Waals surface area contributed by atoms with Gasteiger partial charge in [0.25, 0.3) is 0 Å². The molecular weight excluding hydrogens is 264 g/mol. The molecule has 0 amide bonds. The summed E-state index contributed by atoms with van der Waals surface area (Å²) in [5.41, 5.74) is 0.573. The summed E-state index contributed by atoms with van der Waals surface area (Å²) in [5.74, 6) is 3.58. The molecule has 1 aliphatic rings. The molecule has 130 valence electrons. The van der Waals surface area contributed by atoms with Crippen LogP contribution in [0.4, 0.5) is 0 Å². The molecule has 0 aromatic heterocycles. The van der Waals surface area contributed by atoms with Crippen LogP contribution < -0.4 is 0 Å². The summed E-state index contributed by atoms with van der Waals surface area (Å²) in [5, 5.41) is 0. The SMILES string of the molecule is CC(C)CCC/C=C\CC(C)CCC1C(C)CCCC1(C)C. The molecule has 0 radical (unpaired) electrons. The lowest BCUT2D eigenvalue weighted by atomic mass is 9.62. The van der Waals surface area contributed by atoms with E-state index in [4.69, 9.17) is 0 Å². The maximum absolute atomic E-state index is 2.51. The molecule has 0 saturated heterocycles. The molecule has 1 saturated carbocycles. The second-order valence-electron chi connectivity index (χ2n) is 9.18. The van der Waals surface area contributed by atoms with Crippen molar-refractivity contribution in [3.8, 4) is 0 Å². The molecule has 0 bridgehead atoms. The topological polar surface area (TPSA) is 0 Å². The van der Waals surface area contributed by atoms with Crippen LogP contribution in [0, 0.1) is 29.1 Å². The van der Waals surface area contributed by atoms with Crippen LogP contribution in [-0.2, 0) is 0 Å². The Labute approximate surface area is 141 Å². The van der Waals surface area contributed by atoms with Crippen LogP contribution in [0.3, 0.4) is 0 Å². The van der Waals surface area contributed by atoms with Crippen molar-refractivity contribution in [2.24, 2.45) is 29.1 Å². The number of rotatable bonds is 9. The summed E-state index contributed by atoms with van der Waals surface area (Å²) in [6.45, 7) is 14.6. The lowest BCUT2D eigenvalue weighted by Gasteiger charge is -2.43. The Morgan fingerprint density at radius 3 is 2.45 bits per heavy atom. The zero-order valence-corrected chi connectivity index (χ0v) is 16.3. The fourth-order valence-corrected chi connectivity index (χ4v) is 4.38. The summed E-state index contributed by atoms with van der Waals surface area (Å²) in [6, 6.07) is 0. The second kappa shape index (κ2) is 9.78. The Bertz CT molecular complexity index is 310. The van der Waals surface area contributed by atoms with E-state index in [2.05, 4.69) is 53.7 Å². The highest BCUT2D eigenvalue weighted by Gasteiger charge is 2.36. The van der Waals surface area contributed by atoms with Gasteiger partial charge in [0.1, 0.15) is 0 Å². The van der Waals surface area contributed by atoms with E-state index >= 15 is 0 Å². The summed E-state index contributed by atoms with van der Waals surface area (Å²) in [4.78, 5) is 0. The first-order valence-corrected chi connectivity index (χ1v) is 9.98. The molecule has 0 heterocycles. The zero-order valence-electron chi connectivity index (χ0n) is 16.3. The third-order valence-corrected chi connectivity index (χ3v) is 6.00. The highest BCUT2D eigenvalue weighted by molar-refractivity contribution is 4.88. The highest BCUT2D eigenvalue weighted by Crippen LogP contribution is 2.46. The number of hydrogen-bond acceptors (Lipinski definition) is 0. The molecule has 0 N–H and O–H groups in total. The predicted octanol–water partition coefficient (Wildman–Crippen LogP) is 7.64. The van der Waals surface area contributed by atoms with Gasteiger partial charge in [-0.3, -0.25) is 0 Å². The van der Waals surface area contributed by atoms with Crippen LogP contribution in [-0.4, -0.2) is 0 Å². The maximum Gasteiger partial charge on any atom is -0.0323 e. The number of allylic oxidation sites excluding steroid dienone is 2. The van der Waals surface area contributed by atoms with Gasteiger partial charge in [-0.1, -0.05) is 79.4 Å². The molecule has 1 fully saturated rings. The van der Waals surface area contributed by atoms with E-state index in [0.29, 0.717) is 5.41 Å². The Morgan fingerprint density at radius 1 is 1.09 bits per heavy atom. The van der Waals surface area contributed by atoms with Gasteiger partial charge < -0.3 is 0 Å². The van der Waals surface area contributed by atoms with Crippen molar-refractivity contribution in [1.82, 2.24) is 0 Å². The lowest BCUT2D eigenvalue weighted by Crippen LogP contribution is -2.33. The maximum atomic E-state index is 2.51. The molecular formula is C22H42. The van der Waals surface area contributed by atoms with Gasteiger partial charge in [0.2, 0.25) is 0 Å². The summed E-state index contributed by atoms with van der Waals surface area (Å²) in [6.07, 6.45) is 17.3. The third-order valence-electron chi connectivity index (χ3n) is 6.00. The Kier molecular flexibility index (Phi) is 8.80. The monoisotopic (exact) mass is 306 g/mol. The van der Waals surface area contributed by atoms with Gasteiger partial charge >= 0.3 is 0 Å². The van der Waals surface area contributed by atoms with Crippen LogP contribution in [0.5, 0.6) is 0 Å². The summed E-state index contributed by atoms with van der Waals surface area (Å²) in [7, 11) is 0. The molecule has 0 aromatic carbocycles. The smallest absolute Gasteiger partial charge is 0.0323 e. The van der Waals surface area contributed by atoms with E-state index in [0.717, 1.165) is 23.7 Å². The first-order valence-electron chi connectivity index (χ1n) is 9.98. The van der Waals surface area contributed by atoms with Gasteiger partial charge in [-0.25, -0.2) is 0 Å². The molecule has 1 aliphatic carbocycles. The van der Waals surface area contributed by atoms with Crippen molar-refractivity contribution < 1.29 is 0 Å². The van der Waals surface area contributed by atoms with Crippen LogP contribution >= 0.6 is 0 Å². The highest BCUT2D eigenvalue weighted by atomic mass is 14.4. The molecule has 22 heavy (non-hydrogen) atoms. The lowest BCUT2D eigenvalue weighted by molar-refractivity contribution is 0.0712. The molecule has 0 heteroatoms. The number of unbranched alkanes of at least 4 members (excludes halogenated alkanes) is 1. The van der Waals surface area contributed by atoms with Gasteiger partial charge in [0, 0.05) is 0 Å². The van der Waals surface area contributed by atoms with E-state index in [1.807, 2.05) is 0 Å². The Morgan fingerprint density at radius 2 is 1.82 bits per heavy atom. The van der Waals surface area contributed by atoms with Crippen molar-refractivity contribution in [3.63, 3.8) is 0 Å². The van der Waals surface area contributed by atoms with Crippen LogP contribution in [0.25, 0.3) is 0 Å². The summed E-state index contributed by atoms with van der Waals surface area (Å²) >= 11 is 0. The predicted molar refractivity (Wildman–Crippen MR) is 101 cm³/mol. The van der Waals surface area contributed by atoms with Crippen molar-refractivity contribution in [2.45, 2.75) is 99.3 Å². The van der Waals surface area contributed by atoms with E-state index in [9.17, 15) is 0 Å². The van der Waals surface area contributed by atoms with Crippen LogP contribution in [0.1, 0.15) is 99.3 Å². The minimum atomic E-state index is 0.573. The normalized spacial score (nSPS) is 26.7. The standard InChI is InChI=1S/C22H42/c1-18(2)12-9-7-8-10-13-19(3)15-16-21-20(4)14-11-17-22(21,5)6/h8,10,18-21H,7,9,11-17H2,1-6H3/b10-8-. The summed E-state index contributed by atoms with van der Waals surface area (Å²) < 4.78 is 0. The fraction of sp³-hybridized carbons (Fsp3) is 0.909. The van der Waals surface area contributed by atoms with E-state index in [-0.39, 0.29) is 0 Å². The molecule has 3 atom stereocenters. The van der Waals surface area contributed by atoms with E-state index in [1.165, 1.54) is 57.8 Å². The average Bonchev–Trinajstić information content (AvgIpc) is 2.41. The minimum absolute atomic E-state index is 0.573. The molecule has 0 nitrogen and oxygen atoms in total. The van der Waals surface area contributed by atoms with Gasteiger partial charge in [-0.2, -0.15) is 0 Å². The second-order valence-corrected chi connectivity index (χ2v) is 9.18. The molecule has 0 spiro atoms. The van der Waals surface area contributed by atoms with Gasteiger partial charge in [0.15, 0.2) is 0 Å². The van der Waals surface area contributed by atoms with Gasteiger partial charge in [-0.15, -0.1) is 0 Å². The van der Waals surface area contributed by atoms with Gasteiger partial charge in [0.05, 0.1) is 0 Å². The fourth-order valence-electron chi connectivity index (χ4n) is 4.38. The van der Waals surface area contributed by atoms with Crippen LogP contribution in [0.15, 0.2) is 12.2 Å².